The minimum absolute atomic E-state index is 0.000509. The molecule has 0 fully saturated rings. The number of benzene rings is 1. The Morgan fingerprint density at radius 1 is 1.41 bits per heavy atom. The lowest BCUT2D eigenvalue weighted by atomic mass is 10.1. The Balaban J connectivity index is 3.20. The molecule has 0 saturated heterocycles. The zero-order chi connectivity index (χ0) is 12.7. The molecule has 0 saturated carbocycles. The first kappa shape index (κ1) is 12.8. The second-order valence-corrected chi connectivity index (χ2v) is 3.25. The number of hydrogen-bond donors (Lipinski definition) is 0. The third-order valence-corrected chi connectivity index (χ3v) is 2.18. The second-order valence-electron chi connectivity index (χ2n) is 3.25. The molecule has 0 N–H and O–H groups in total. The fourth-order valence-electron chi connectivity index (χ4n) is 1.34. The Labute approximate surface area is 99.3 Å². The number of allylic oxidation sites excluding steroid dienone is 1. The van der Waals surface area contributed by atoms with Gasteiger partial charge in [-0.2, -0.15) is 0 Å². The summed E-state index contributed by atoms with van der Waals surface area (Å²) in [7, 11) is 0. The van der Waals surface area contributed by atoms with Crippen molar-refractivity contribution in [2.75, 3.05) is 6.61 Å². The van der Waals surface area contributed by atoms with Crippen LogP contribution in [0, 0.1) is 0 Å². The molecule has 0 spiro atoms. The van der Waals surface area contributed by atoms with Crippen molar-refractivity contribution in [1.29, 1.82) is 0 Å². The second kappa shape index (κ2) is 6.35. The standard InChI is InChI=1S/C12H13N3O2/c1-3-17-12(16)11(14-15-13)9(2)10-7-5-4-6-8-10/h4-8H,3H2,1-2H3/b11-9-. The number of nitrogens with zero attached hydrogens (tertiary/aromatic N) is 3. The van der Waals surface area contributed by atoms with Crippen molar-refractivity contribution in [3.63, 3.8) is 0 Å². The van der Waals surface area contributed by atoms with Gasteiger partial charge in [-0.1, -0.05) is 35.4 Å². The van der Waals surface area contributed by atoms with Crippen molar-refractivity contribution < 1.29 is 9.53 Å². The number of esters is 1. The van der Waals surface area contributed by atoms with E-state index in [1.54, 1.807) is 13.8 Å². The van der Waals surface area contributed by atoms with E-state index in [9.17, 15) is 4.79 Å². The lowest BCUT2D eigenvalue weighted by Crippen LogP contribution is -2.07. The fourth-order valence-corrected chi connectivity index (χ4v) is 1.34. The Morgan fingerprint density at radius 3 is 2.59 bits per heavy atom. The van der Waals surface area contributed by atoms with E-state index < -0.39 is 5.97 Å². The average Bonchev–Trinajstić information content (AvgIpc) is 2.36. The van der Waals surface area contributed by atoms with Crippen LogP contribution in [0.2, 0.25) is 0 Å². The highest BCUT2D eigenvalue weighted by molar-refractivity contribution is 5.96. The van der Waals surface area contributed by atoms with Crippen molar-refractivity contribution in [3.05, 3.63) is 52.0 Å². The number of azide groups is 1. The van der Waals surface area contributed by atoms with Crippen molar-refractivity contribution >= 4 is 11.5 Å². The largest absolute Gasteiger partial charge is 0.462 e. The molecule has 0 atom stereocenters. The van der Waals surface area contributed by atoms with Crippen LogP contribution in [0.5, 0.6) is 0 Å². The van der Waals surface area contributed by atoms with Gasteiger partial charge in [-0.25, -0.2) is 4.79 Å². The molecule has 5 nitrogen and oxygen atoms in total. The van der Waals surface area contributed by atoms with Crippen LogP contribution in [-0.4, -0.2) is 12.6 Å². The van der Waals surface area contributed by atoms with E-state index in [-0.39, 0.29) is 12.3 Å². The first-order chi connectivity index (χ1) is 8.20. The molecular formula is C12H13N3O2. The van der Waals surface area contributed by atoms with Gasteiger partial charge >= 0.3 is 5.97 Å². The van der Waals surface area contributed by atoms with Gasteiger partial charge in [-0.15, -0.1) is 0 Å². The van der Waals surface area contributed by atoms with Crippen LogP contribution in [0.4, 0.5) is 0 Å². The average molecular weight is 231 g/mol. The van der Waals surface area contributed by atoms with Crippen LogP contribution >= 0.6 is 0 Å². The van der Waals surface area contributed by atoms with Crippen molar-refractivity contribution in [1.82, 2.24) is 0 Å². The van der Waals surface area contributed by atoms with Crippen LogP contribution in [0.3, 0.4) is 0 Å². The molecule has 88 valence electrons. The van der Waals surface area contributed by atoms with Gasteiger partial charge in [-0.3, -0.25) is 0 Å². The van der Waals surface area contributed by atoms with E-state index in [4.69, 9.17) is 10.3 Å². The number of hydrogen-bond acceptors (Lipinski definition) is 3. The zero-order valence-corrected chi connectivity index (χ0v) is 9.75. The molecule has 0 aliphatic heterocycles. The molecule has 1 aromatic rings. The highest BCUT2D eigenvalue weighted by atomic mass is 16.5. The summed E-state index contributed by atoms with van der Waals surface area (Å²) in [6.45, 7) is 3.66. The molecule has 0 aliphatic rings. The van der Waals surface area contributed by atoms with E-state index in [1.165, 1.54) is 0 Å². The van der Waals surface area contributed by atoms with E-state index in [1.807, 2.05) is 30.3 Å². The first-order valence-electron chi connectivity index (χ1n) is 5.19. The summed E-state index contributed by atoms with van der Waals surface area (Å²) in [4.78, 5) is 14.3. The van der Waals surface area contributed by atoms with E-state index in [0.717, 1.165) is 5.56 Å². The highest BCUT2D eigenvalue weighted by Gasteiger charge is 2.13. The summed E-state index contributed by atoms with van der Waals surface area (Å²) < 4.78 is 4.84. The topological polar surface area (TPSA) is 75.1 Å². The van der Waals surface area contributed by atoms with Crippen LogP contribution in [0.25, 0.3) is 16.0 Å². The minimum Gasteiger partial charge on any atom is -0.462 e. The van der Waals surface area contributed by atoms with Crippen LogP contribution in [-0.2, 0) is 9.53 Å². The van der Waals surface area contributed by atoms with Gasteiger partial charge in [0.05, 0.1) is 6.61 Å². The van der Waals surface area contributed by atoms with Gasteiger partial charge in [0.2, 0.25) is 0 Å². The SMILES string of the molecule is CCOC(=O)/C(N=[N+]=[N-])=C(\C)c1ccccc1. The van der Waals surface area contributed by atoms with E-state index in [2.05, 4.69) is 10.0 Å². The molecule has 1 rings (SSSR count). The lowest BCUT2D eigenvalue weighted by Gasteiger charge is -2.06. The summed E-state index contributed by atoms with van der Waals surface area (Å²) in [5.41, 5.74) is 9.89. The van der Waals surface area contributed by atoms with Gasteiger partial charge in [0.15, 0.2) is 0 Å². The maximum atomic E-state index is 11.6. The van der Waals surface area contributed by atoms with Crippen molar-refractivity contribution in [2.45, 2.75) is 13.8 Å². The van der Waals surface area contributed by atoms with Gasteiger partial charge in [-0.05, 0) is 30.5 Å². The van der Waals surface area contributed by atoms with E-state index >= 15 is 0 Å². The number of rotatable bonds is 4. The lowest BCUT2D eigenvalue weighted by molar-refractivity contribution is -0.138. The van der Waals surface area contributed by atoms with Crippen LogP contribution in [0.1, 0.15) is 19.4 Å². The predicted octanol–water partition coefficient (Wildman–Crippen LogP) is 3.29. The molecule has 0 aromatic heterocycles. The van der Waals surface area contributed by atoms with Crippen LogP contribution in [0.15, 0.2) is 41.1 Å². The Kier molecular flexibility index (Phi) is 4.78. The molecule has 0 amide bonds. The summed E-state index contributed by atoms with van der Waals surface area (Å²) >= 11 is 0. The smallest absolute Gasteiger partial charge is 0.340 e. The molecular weight excluding hydrogens is 218 g/mol. The maximum Gasteiger partial charge on any atom is 0.340 e. The van der Waals surface area contributed by atoms with Gasteiger partial charge in [0.25, 0.3) is 0 Å². The minimum atomic E-state index is -0.605. The number of carbonyl (C=O) groups excluding carboxylic acids is 1. The molecule has 0 unspecified atom stereocenters. The number of ether oxygens (including phenoxy) is 1. The molecule has 0 aliphatic carbocycles. The third-order valence-electron chi connectivity index (χ3n) is 2.18. The molecule has 0 bridgehead atoms. The van der Waals surface area contributed by atoms with Gasteiger partial charge in [0.1, 0.15) is 5.70 Å². The molecule has 1 aromatic carbocycles. The first-order valence-corrected chi connectivity index (χ1v) is 5.19. The van der Waals surface area contributed by atoms with E-state index in [0.29, 0.717) is 5.57 Å². The Bertz CT molecular complexity index is 474. The summed E-state index contributed by atoms with van der Waals surface area (Å²) in [6, 6.07) is 9.23. The fraction of sp³-hybridized carbons (Fsp3) is 0.250. The molecule has 0 radical (unpaired) electrons. The van der Waals surface area contributed by atoms with Gasteiger partial charge in [0, 0.05) is 4.91 Å². The molecule has 5 heteroatoms. The van der Waals surface area contributed by atoms with Crippen molar-refractivity contribution in [3.8, 4) is 0 Å². The summed E-state index contributed by atoms with van der Waals surface area (Å²) in [6.07, 6.45) is 0. The zero-order valence-electron chi connectivity index (χ0n) is 9.75. The third kappa shape index (κ3) is 3.36. The Hall–Kier alpha value is -2.26. The quantitative estimate of drug-likeness (QED) is 0.262. The van der Waals surface area contributed by atoms with Gasteiger partial charge < -0.3 is 4.74 Å². The normalized spacial score (nSPS) is 11.2. The van der Waals surface area contributed by atoms with Crippen molar-refractivity contribution in [2.24, 2.45) is 5.11 Å². The van der Waals surface area contributed by atoms with Crippen LogP contribution < -0.4 is 0 Å². The molecule has 17 heavy (non-hydrogen) atoms. The monoisotopic (exact) mass is 231 g/mol. The predicted molar refractivity (Wildman–Crippen MR) is 64.8 cm³/mol. The molecule has 0 heterocycles. The summed E-state index contributed by atoms with van der Waals surface area (Å²) in [5.74, 6) is -0.605. The maximum absolute atomic E-state index is 11.6. The Morgan fingerprint density at radius 2 is 2.06 bits per heavy atom. The number of carbonyl (C=O) groups is 1. The summed E-state index contributed by atoms with van der Waals surface area (Å²) in [5, 5.41) is 3.40. The highest BCUT2D eigenvalue weighted by Crippen LogP contribution is 2.20.